The monoisotopic (exact) mass is 927 g/mol. The second-order valence-electron chi connectivity index (χ2n) is 17.5. The summed E-state index contributed by atoms with van der Waals surface area (Å²) in [6, 6.07) is 0. The standard InChI is InChI=1S/C61H98O6/c1-4-7-10-13-16-19-22-25-27-29-30-32-33-36-39-42-45-48-51-54-60(63)66-57-58(56-65-59(62)53-50-47-44-41-38-35-24-21-18-15-12-9-6-3)67-61(64)55-52-49-46-43-40-37-34-31-28-26-23-20-17-14-11-8-5-2/h9,12,15-22,24-26,28,34-35,37-38,43,46,58H,4-8,10-11,13-14,23,27,29-33,36,39-42,44-45,47-57H2,1-3H3/b12-9+,18-15+,19-16+,20-17+,24-21+,25-22+,28-26+,37-34+,38-35+,46-43+. The Labute approximate surface area is 412 Å². The van der Waals surface area contributed by atoms with E-state index < -0.39 is 6.10 Å². The van der Waals surface area contributed by atoms with Gasteiger partial charge in [-0.3, -0.25) is 14.4 Å². The summed E-state index contributed by atoms with van der Waals surface area (Å²) in [5, 5.41) is 0. The minimum absolute atomic E-state index is 0.118. The summed E-state index contributed by atoms with van der Waals surface area (Å²) in [6.45, 7) is 6.35. The van der Waals surface area contributed by atoms with E-state index >= 15 is 0 Å². The van der Waals surface area contributed by atoms with Crippen molar-refractivity contribution in [3.63, 3.8) is 0 Å². The van der Waals surface area contributed by atoms with E-state index in [1.807, 2.05) is 36.5 Å². The molecule has 0 saturated heterocycles. The Kier molecular flexibility index (Phi) is 51.0. The lowest BCUT2D eigenvalue weighted by atomic mass is 10.1. The van der Waals surface area contributed by atoms with Gasteiger partial charge in [0.1, 0.15) is 13.2 Å². The molecule has 0 heterocycles. The first kappa shape index (κ1) is 62.8. The third-order valence-corrected chi connectivity index (χ3v) is 11.0. The van der Waals surface area contributed by atoms with Gasteiger partial charge in [-0.25, -0.2) is 0 Å². The van der Waals surface area contributed by atoms with Gasteiger partial charge in [0.25, 0.3) is 0 Å². The van der Waals surface area contributed by atoms with Crippen molar-refractivity contribution >= 4 is 17.9 Å². The van der Waals surface area contributed by atoms with Crippen LogP contribution in [0.1, 0.15) is 226 Å². The van der Waals surface area contributed by atoms with Crippen molar-refractivity contribution in [1.82, 2.24) is 0 Å². The highest BCUT2D eigenvalue weighted by Crippen LogP contribution is 2.14. The molecule has 0 fully saturated rings. The van der Waals surface area contributed by atoms with Crippen molar-refractivity contribution in [3.05, 3.63) is 122 Å². The Morgan fingerprint density at radius 2 is 0.657 bits per heavy atom. The second kappa shape index (κ2) is 54.4. The molecular formula is C61H98O6. The van der Waals surface area contributed by atoms with Crippen LogP contribution in [-0.4, -0.2) is 37.2 Å². The Bertz CT molecular complexity index is 1440. The molecule has 1 atom stereocenters. The van der Waals surface area contributed by atoms with Crippen molar-refractivity contribution in [1.29, 1.82) is 0 Å². The predicted molar refractivity (Wildman–Crippen MR) is 288 cm³/mol. The zero-order valence-corrected chi connectivity index (χ0v) is 43.1. The maximum Gasteiger partial charge on any atom is 0.306 e. The van der Waals surface area contributed by atoms with Crippen LogP contribution >= 0.6 is 0 Å². The molecule has 0 aliphatic heterocycles. The van der Waals surface area contributed by atoms with Crippen LogP contribution in [0.5, 0.6) is 0 Å². The number of ether oxygens (including phenoxy) is 3. The molecule has 378 valence electrons. The average Bonchev–Trinajstić information content (AvgIpc) is 3.33. The lowest BCUT2D eigenvalue weighted by Gasteiger charge is -2.18. The molecule has 6 nitrogen and oxygen atoms in total. The van der Waals surface area contributed by atoms with Gasteiger partial charge in [0.15, 0.2) is 6.10 Å². The molecule has 0 amide bonds. The molecule has 0 radical (unpaired) electrons. The van der Waals surface area contributed by atoms with Gasteiger partial charge in [-0.1, -0.05) is 226 Å². The number of carbonyl (C=O) groups is 3. The number of unbranched alkanes of at least 4 members (excludes halogenated alkanes) is 20. The van der Waals surface area contributed by atoms with E-state index in [2.05, 4.69) is 106 Å². The van der Waals surface area contributed by atoms with Gasteiger partial charge >= 0.3 is 17.9 Å². The molecule has 0 aromatic heterocycles. The molecule has 1 unspecified atom stereocenters. The lowest BCUT2D eigenvalue weighted by molar-refractivity contribution is -0.167. The molecule has 0 aliphatic rings. The summed E-state index contributed by atoms with van der Waals surface area (Å²) < 4.78 is 16.7. The summed E-state index contributed by atoms with van der Waals surface area (Å²) in [5.74, 6) is -1.02. The van der Waals surface area contributed by atoms with Crippen LogP contribution in [0.2, 0.25) is 0 Å². The summed E-state index contributed by atoms with van der Waals surface area (Å²) in [7, 11) is 0. The van der Waals surface area contributed by atoms with Crippen LogP contribution in [-0.2, 0) is 28.6 Å². The van der Waals surface area contributed by atoms with Gasteiger partial charge in [-0.15, -0.1) is 0 Å². The topological polar surface area (TPSA) is 78.9 Å². The largest absolute Gasteiger partial charge is 0.462 e. The third-order valence-electron chi connectivity index (χ3n) is 11.0. The number of hydrogen-bond acceptors (Lipinski definition) is 6. The van der Waals surface area contributed by atoms with Gasteiger partial charge in [0, 0.05) is 19.3 Å². The van der Waals surface area contributed by atoms with Crippen molar-refractivity contribution in [2.75, 3.05) is 13.2 Å². The molecule has 0 saturated carbocycles. The first-order valence-electron chi connectivity index (χ1n) is 27.1. The second-order valence-corrected chi connectivity index (χ2v) is 17.5. The van der Waals surface area contributed by atoms with Gasteiger partial charge in [0.05, 0.1) is 0 Å². The molecule has 0 spiro atoms. The van der Waals surface area contributed by atoms with Crippen LogP contribution < -0.4 is 0 Å². The number of hydrogen-bond donors (Lipinski definition) is 0. The van der Waals surface area contributed by atoms with E-state index in [0.29, 0.717) is 19.3 Å². The van der Waals surface area contributed by atoms with Crippen molar-refractivity contribution in [2.45, 2.75) is 232 Å². The fourth-order valence-electron chi connectivity index (χ4n) is 6.96. The van der Waals surface area contributed by atoms with E-state index in [1.165, 1.54) is 103 Å². The maximum atomic E-state index is 12.8. The number of rotatable bonds is 47. The average molecular weight is 927 g/mol. The molecule has 67 heavy (non-hydrogen) atoms. The summed E-state index contributed by atoms with van der Waals surface area (Å²) >= 11 is 0. The van der Waals surface area contributed by atoms with Crippen molar-refractivity contribution < 1.29 is 28.6 Å². The van der Waals surface area contributed by atoms with E-state index in [0.717, 1.165) is 77.0 Å². The summed E-state index contributed by atoms with van der Waals surface area (Å²) in [4.78, 5) is 38.0. The molecular weight excluding hydrogens is 829 g/mol. The first-order chi connectivity index (χ1) is 33.0. The Morgan fingerprint density at radius 3 is 1.12 bits per heavy atom. The normalized spacial score (nSPS) is 13.1. The van der Waals surface area contributed by atoms with Gasteiger partial charge < -0.3 is 14.2 Å². The highest BCUT2D eigenvalue weighted by atomic mass is 16.6. The first-order valence-corrected chi connectivity index (χ1v) is 27.1. The van der Waals surface area contributed by atoms with Crippen LogP contribution in [0, 0.1) is 0 Å². The Hall–Kier alpha value is -4.19. The number of carbonyl (C=O) groups excluding carboxylic acids is 3. The van der Waals surface area contributed by atoms with Crippen LogP contribution in [0.3, 0.4) is 0 Å². The zero-order chi connectivity index (χ0) is 48.6. The smallest absolute Gasteiger partial charge is 0.306 e. The Morgan fingerprint density at radius 1 is 0.328 bits per heavy atom. The molecule has 6 heteroatoms. The molecule has 0 rings (SSSR count). The van der Waals surface area contributed by atoms with Crippen molar-refractivity contribution in [2.24, 2.45) is 0 Å². The van der Waals surface area contributed by atoms with E-state index in [9.17, 15) is 14.4 Å². The lowest BCUT2D eigenvalue weighted by Crippen LogP contribution is -2.30. The number of allylic oxidation sites excluding steroid dienone is 20. The number of esters is 3. The SMILES string of the molecule is CC/C=C/C=C/C=C/C=C/CCCCCC(=O)OCC(COC(=O)CCCCCCCCCCCC/C=C/C=C/CCCCC)OC(=O)CCC/C=C/C/C=C/C/C=C/C/C=C/CCCCC. The minimum atomic E-state index is -0.827. The molecule has 0 aliphatic carbocycles. The van der Waals surface area contributed by atoms with Gasteiger partial charge in [0.2, 0.25) is 0 Å². The molecule has 0 aromatic carbocycles. The van der Waals surface area contributed by atoms with Crippen LogP contribution in [0.15, 0.2) is 122 Å². The minimum Gasteiger partial charge on any atom is -0.462 e. The quantitative estimate of drug-likeness (QED) is 0.0199. The highest BCUT2D eigenvalue weighted by Gasteiger charge is 2.19. The summed E-state index contributed by atoms with van der Waals surface area (Å²) in [6.07, 6.45) is 74.7. The highest BCUT2D eigenvalue weighted by molar-refractivity contribution is 5.71. The van der Waals surface area contributed by atoms with E-state index in [4.69, 9.17) is 14.2 Å². The summed E-state index contributed by atoms with van der Waals surface area (Å²) in [5.41, 5.74) is 0. The Balaban J connectivity index is 4.52. The van der Waals surface area contributed by atoms with Crippen molar-refractivity contribution in [3.8, 4) is 0 Å². The molecule has 0 bridgehead atoms. The van der Waals surface area contributed by atoms with E-state index in [-0.39, 0.29) is 37.5 Å². The predicted octanol–water partition coefficient (Wildman–Crippen LogP) is 18.1. The van der Waals surface area contributed by atoms with Gasteiger partial charge in [-0.2, -0.15) is 0 Å². The third kappa shape index (κ3) is 52.6. The van der Waals surface area contributed by atoms with Crippen LogP contribution in [0.4, 0.5) is 0 Å². The van der Waals surface area contributed by atoms with Crippen LogP contribution in [0.25, 0.3) is 0 Å². The molecule has 0 N–H and O–H groups in total. The van der Waals surface area contributed by atoms with Gasteiger partial charge in [-0.05, 0) is 103 Å². The fourth-order valence-corrected chi connectivity index (χ4v) is 6.96. The van der Waals surface area contributed by atoms with E-state index in [1.54, 1.807) is 0 Å². The zero-order valence-electron chi connectivity index (χ0n) is 43.1. The fraction of sp³-hybridized carbons (Fsp3) is 0.623. The molecule has 0 aromatic rings. The maximum absolute atomic E-state index is 12.8.